The van der Waals surface area contributed by atoms with Gasteiger partial charge in [-0.1, -0.05) is 0 Å². The SMILES string of the molecule is O=Cc1ccc(O)c2c1OCC21CC1. The summed E-state index contributed by atoms with van der Waals surface area (Å²) < 4.78 is 5.49. The number of rotatable bonds is 1. The fraction of sp³-hybridized carbons (Fsp3) is 0.364. The summed E-state index contributed by atoms with van der Waals surface area (Å²) >= 11 is 0. The molecule has 1 saturated carbocycles. The molecular weight excluding hydrogens is 180 g/mol. The predicted octanol–water partition coefficient (Wildman–Crippen LogP) is 1.63. The third-order valence-corrected chi connectivity index (χ3v) is 3.17. The highest BCUT2D eigenvalue weighted by molar-refractivity contribution is 5.82. The Balaban J connectivity index is 2.27. The molecule has 1 heterocycles. The van der Waals surface area contributed by atoms with Crippen molar-refractivity contribution in [2.24, 2.45) is 0 Å². The Bertz CT molecular complexity index is 419. The largest absolute Gasteiger partial charge is 0.508 e. The van der Waals surface area contributed by atoms with E-state index < -0.39 is 0 Å². The van der Waals surface area contributed by atoms with Crippen molar-refractivity contribution in [1.29, 1.82) is 0 Å². The summed E-state index contributed by atoms with van der Waals surface area (Å²) in [6.07, 6.45) is 2.88. The van der Waals surface area contributed by atoms with Crippen molar-refractivity contribution >= 4 is 6.29 Å². The molecule has 1 N–H and O–H groups in total. The number of phenolic OH excluding ortho intramolecular Hbond substituents is 1. The maximum Gasteiger partial charge on any atom is 0.153 e. The molecule has 0 unspecified atom stereocenters. The van der Waals surface area contributed by atoms with E-state index in [4.69, 9.17) is 4.74 Å². The number of ether oxygens (including phenoxy) is 1. The number of carbonyl (C=O) groups excluding carboxylic acids is 1. The van der Waals surface area contributed by atoms with E-state index in [1.54, 1.807) is 12.1 Å². The number of carbonyl (C=O) groups is 1. The van der Waals surface area contributed by atoms with Crippen LogP contribution in [0.1, 0.15) is 28.8 Å². The number of benzene rings is 1. The molecule has 1 aromatic rings. The molecule has 1 spiro atoms. The van der Waals surface area contributed by atoms with Crippen molar-refractivity contribution < 1.29 is 14.6 Å². The van der Waals surface area contributed by atoms with E-state index in [0.717, 1.165) is 24.7 Å². The first-order valence-corrected chi connectivity index (χ1v) is 4.71. The van der Waals surface area contributed by atoms with Crippen LogP contribution >= 0.6 is 0 Å². The molecule has 1 fully saturated rings. The molecular formula is C11H10O3. The van der Waals surface area contributed by atoms with E-state index in [1.165, 1.54) is 0 Å². The van der Waals surface area contributed by atoms with Crippen LogP contribution in [0.25, 0.3) is 0 Å². The average Bonchev–Trinajstić information content (AvgIpc) is 2.84. The van der Waals surface area contributed by atoms with Gasteiger partial charge in [0.2, 0.25) is 0 Å². The second-order valence-electron chi connectivity index (χ2n) is 4.06. The summed E-state index contributed by atoms with van der Waals surface area (Å²) in [6, 6.07) is 3.18. The first kappa shape index (κ1) is 7.85. The molecule has 0 atom stereocenters. The van der Waals surface area contributed by atoms with Gasteiger partial charge in [-0.2, -0.15) is 0 Å². The molecule has 3 heteroatoms. The highest BCUT2D eigenvalue weighted by Gasteiger charge is 2.53. The van der Waals surface area contributed by atoms with E-state index in [-0.39, 0.29) is 11.2 Å². The molecule has 1 aromatic carbocycles. The summed E-state index contributed by atoms with van der Waals surface area (Å²) in [5.74, 6) is 0.859. The van der Waals surface area contributed by atoms with Crippen molar-refractivity contribution in [3.8, 4) is 11.5 Å². The average molecular weight is 190 g/mol. The molecule has 3 rings (SSSR count). The zero-order valence-electron chi connectivity index (χ0n) is 7.62. The minimum Gasteiger partial charge on any atom is -0.508 e. The maximum absolute atomic E-state index is 10.7. The lowest BCUT2D eigenvalue weighted by Gasteiger charge is -2.06. The van der Waals surface area contributed by atoms with Crippen LogP contribution < -0.4 is 4.74 Å². The van der Waals surface area contributed by atoms with Gasteiger partial charge in [-0.25, -0.2) is 0 Å². The van der Waals surface area contributed by atoms with Crippen molar-refractivity contribution in [2.45, 2.75) is 18.3 Å². The minimum atomic E-state index is 0.0262. The lowest BCUT2D eigenvalue weighted by molar-refractivity contribution is 0.112. The molecule has 0 saturated heterocycles. The van der Waals surface area contributed by atoms with E-state index >= 15 is 0 Å². The molecule has 72 valence electrons. The van der Waals surface area contributed by atoms with Crippen molar-refractivity contribution in [1.82, 2.24) is 0 Å². The monoisotopic (exact) mass is 190 g/mol. The fourth-order valence-electron chi connectivity index (χ4n) is 2.18. The normalized spacial score (nSPS) is 20.3. The van der Waals surface area contributed by atoms with Gasteiger partial charge < -0.3 is 9.84 Å². The summed E-state index contributed by atoms with van der Waals surface area (Å²) in [5.41, 5.74) is 1.42. The number of aromatic hydroxyl groups is 1. The topological polar surface area (TPSA) is 46.5 Å². The molecule has 14 heavy (non-hydrogen) atoms. The zero-order chi connectivity index (χ0) is 9.76. The summed E-state index contributed by atoms with van der Waals surface area (Å²) in [4.78, 5) is 10.7. The Kier molecular flexibility index (Phi) is 1.29. The van der Waals surface area contributed by atoms with Crippen LogP contribution in [0.3, 0.4) is 0 Å². The highest BCUT2D eigenvalue weighted by atomic mass is 16.5. The molecule has 0 amide bonds. The summed E-state index contributed by atoms with van der Waals surface area (Å²) in [5, 5.41) is 9.73. The maximum atomic E-state index is 10.7. The van der Waals surface area contributed by atoms with Crippen molar-refractivity contribution in [3.05, 3.63) is 23.3 Å². The van der Waals surface area contributed by atoms with Crippen LogP contribution in [0, 0.1) is 0 Å². The van der Waals surface area contributed by atoms with Crippen LogP contribution in [0.5, 0.6) is 11.5 Å². The summed E-state index contributed by atoms with van der Waals surface area (Å²) in [7, 11) is 0. The second-order valence-corrected chi connectivity index (χ2v) is 4.06. The lowest BCUT2D eigenvalue weighted by Crippen LogP contribution is -2.07. The quantitative estimate of drug-likeness (QED) is 0.684. The number of hydrogen-bond acceptors (Lipinski definition) is 3. The Morgan fingerprint density at radius 1 is 1.43 bits per heavy atom. The van der Waals surface area contributed by atoms with Gasteiger partial charge in [0, 0.05) is 11.0 Å². The first-order chi connectivity index (χ1) is 6.77. The Hall–Kier alpha value is -1.51. The second kappa shape index (κ2) is 2.29. The van der Waals surface area contributed by atoms with Gasteiger partial charge in [0.25, 0.3) is 0 Å². The van der Waals surface area contributed by atoms with Crippen LogP contribution in [-0.4, -0.2) is 18.0 Å². The zero-order valence-corrected chi connectivity index (χ0v) is 7.62. The van der Waals surface area contributed by atoms with Crippen LogP contribution in [0.15, 0.2) is 12.1 Å². The van der Waals surface area contributed by atoms with Crippen LogP contribution in [0.2, 0.25) is 0 Å². The van der Waals surface area contributed by atoms with Gasteiger partial charge in [0.1, 0.15) is 11.5 Å². The van der Waals surface area contributed by atoms with Gasteiger partial charge in [-0.05, 0) is 25.0 Å². The molecule has 1 aliphatic heterocycles. The van der Waals surface area contributed by atoms with Gasteiger partial charge in [0.15, 0.2) is 6.29 Å². The Morgan fingerprint density at radius 3 is 2.86 bits per heavy atom. The van der Waals surface area contributed by atoms with E-state index in [2.05, 4.69) is 0 Å². The van der Waals surface area contributed by atoms with Crippen LogP contribution in [-0.2, 0) is 5.41 Å². The molecule has 0 radical (unpaired) electrons. The summed E-state index contributed by atoms with van der Waals surface area (Å²) in [6.45, 7) is 0.612. The van der Waals surface area contributed by atoms with Crippen molar-refractivity contribution in [3.63, 3.8) is 0 Å². The number of aldehydes is 1. The number of fused-ring (bicyclic) bond motifs is 2. The number of hydrogen-bond donors (Lipinski definition) is 1. The van der Waals surface area contributed by atoms with E-state index in [9.17, 15) is 9.90 Å². The van der Waals surface area contributed by atoms with Crippen LogP contribution in [0.4, 0.5) is 0 Å². The first-order valence-electron chi connectivity index (χ1n) is 4.71. The molecule has 3 nitrogen and oxygen atoms in total. The van der Waals surface area contributed by atoms with Gasteiger partial charge in [-0.3, -0.25) is 4.79 Å². The number of phenols is 1. The van der Waals surface area contributed by atoms with Crippen molar-refractivity contribution in [2.75, 3.05) is 6.61 Å². The molecule has 0 bridgehead atoms. The third-order valence-electron chi connectivity index (χ3n) is 3.17. The smallest absolute Gasteiger partial charge is 0.153 e. The lowest BCUT2D eigenvalue weighted by atomic mass is 9.95. The molecule has 2 aliphatic rings. The molecule has 0 aromatic heterocycles. The Labute approximate surface area is 81.3 Å². The molecule has 1 aliphatic carbocycles. The predicted molar refractivity (Wildman–Crippen MR) is 49.9 cm³/mol. The van der Waals surface area contributed by atoms with Gasteiger partial charge >= 0.3 is 0 Å². The highest BCUT2D eigenvalue weighted by Crippen LogP contribution is 2.58. The van der Waals surface area contributed by atoms with E-state index in [1.807, 2.05) is 0 Å². The van der Waals surface area contributed by atoms with Gasteiger partial charge in [0.05, 0.1) is 12.2 Å². The Morgan fingerprint density at radius 2 is 2.21 bits per heavy atom. The van der Waals surface area contributed by atoms with E-state index in [0.29, 0.717) is 17.9 Å². The fourth-order valence-corrected chi connectivity index (χ4v) is 2.18. The standard InChI is InChI=1S/C11H10O3/c12-5-7-1-2-8(13)9-10(7)14-6-11(9)3-4-11/h1-2,5,13H,3-4,6H2. The minimum absolute atomic E-state index is 0.0262. The third kappa shape index (κ3) is 0.794. The van der Waals surface area contributed by atoms with Gasteiger partial charge in [-0.15, -0.1) is 0 Å².